The molecule has 0 aliphatic rings. The lowest BCUT2D eigenvalue weighted by atomic mass is 9.90. The number of methoxy groups -OCH3 is 1. The summed E-state index contributed by atoms with van der Waals surface area (Å²) in [4.78, 5) is 4.75. The molecule has 0 bridgehead atoms. The average molecular weight is 244 g/mol. The normalized spacial score (nSPS) is 11.8. The first-order valence-electron chi connectivity index (χ1n) is 6.14. The molecule has 1 aromatic heterocycles. The van der Waals surface area contributed by atoms with E-state index in [-0.39, 0.29) is 5.41 Å². The molecular weight excluding hydrogens is 224 g/mol. The lowest BCUT2D eigenvalue weighted by Gasteiger charge is -2.20. The number of fused-ring (bicyclic) bond motifs is 1. The van der Waals surface area contributed by atoms with Crippen molar-refractivity contribution in [1.29, 1.82) is 0 Å². The van der Waals surface area contributed by atoms with Gasteiger partial charge in [0, 0.05) is 23.0 Å². The maximum Gasteiger partial charge on any atom is 0.145 e. The Kier molecular flexibility index (Phi) is 3.26. The zero-order chi connectivity index (χ0) is 13.3. The number of ether oxygens (including phenoxy) is 1. The van der Waals surface area contributed by atoms with E-state index in [4.69, 9.17) is 15.5 Å². The van der Waals surface area contributed by atoms with E-state index in [1.165, 1.54) is 0 Å². The summed E-state index contributed by atoms with van der Waals surface area (Å²) in [6.07, 6.45) is 0. The van der Waals surface area contributed by atoms with Crippen LogP contribution in [0, 0.1) is 0 Å². The minimum Gasteiger partial charge on any atom is -0.494 e. The Labute approximate surface area is 108 Å². The molecule has 0 saturated heterocycles. The van der Waals surface area contributed by atoms with Crippen LogP contribution in [0.3, 0.4) is 0 Å². The van der Waals surface area contributed by atoms with Gasteiger partial charge in [0.15, 0.2) is 0 Å². The predicted octanol–water partition coefficient (Wildman–Crippen LogP) is 3.00. The van der Waals surface area contributed by atoms with E-state index in [2.05, 4.69) is 26.8 Å². The van der Waals surface area contributed by atoms with Gasteiger partial charge in [0.1, 0.15) is 11.3 Å². The first kappa shape index (κ1) is 12.8. The molecule has 2 rings (SSSR count). The third kappa shape index (κ3) is 2.18. The van der Waals surface area contributed by atoms with Gasteiger partial charge in [-0.3, -0.25) is 0 Å². The standard InChI is InChI=1S/C15H20N2O/c1-15(2,3)13-8-10(9-16)11-6-5-7-12(18-4)14(11)17-13/h5-8H,9,16H2,1-4H3. The van der Waals surface area contributed by atoms with Crippen molar-refractivity contribution in [3.63, 3.8) is 0 Å². The minimum atomic E-state index is -0.00103. The minimum absolute atomic E-state index is 0.00103. The van der Waals surface area contributed by atoms with E-state index in [9.17, 15) is 0 Å². The number of nitrogens with two attached hydrogens (primary N) is 1. The Hall–Kier alpha value is -1.61. The number of para-hydroxylation sites is 1. The zero-order valence-corrected chi connectivity index (χ0v) is 11.4. The average Bonchev–Trinajstić information content (AvgIpc) is 2.35. The topological polar surface area (TPSA) is 48.1 Å². The predicted molar refractivity (Wildman–Crippen MR) is 74.9 cm³/mol. The first-order chi connectivity index (χ1) is 8.47. The second-order valence-corrected chi connectivity index (χ2v) is 5.48. The van der Waals surface area contributed by atoms with Gasteiger partial charge in [-0.25, -0.2) is 4.98 Å². The van der Waals surface area contributed by atoms with E-state index in [0.717, 1.165) is 27.9 Å². The molecule has 3 heteroatoms. The summed E-state index contributed by atoms with van der Waals surface area (Å²) in [7, 11) is 1.67. The monoisotopic (exact) mass is 244 g/mol. The molecule has 0 spiro atoms. The molecule has 96 valence electrons. The lowest BCUT2D eigenvalue weighted by molar-refractivity contribution is 0.418. The number of benzene rings is 1. The summed E-state index contributed by atoms with van der Waals surface area (Å²) in [6.45, 7) is 6.96. The van der Waals surface area contributed by atoms with Gasteiger partial charge in [0.25, 0.3) is 0 Å². The van der Waals surface area contributed by atoms with E-state index in [1.807, 2.05) is 18.2 Å². The number of nitrogens with zero attached hydrogens (tertiary/aromatic N) is 1. The highest BCUT2D eigenvalue weighted by molar-refractivity contribution is 5.87. The number of rotatable bonds is 2. The fourth-order valence-corrected chi connectivity index (χ4v) is 2.01. The highest BCUT2D eigenvalue weighted by Gasteiger charge is 2.18. The van der Waals surface area contributed by atoms with Gasteiger partial charge >= 0.3 is 0 Å². The highest BCUT2D eigenvalue weighted by atomic mass is 16.5. The second kappa shape index (κ2) is 4.58. The molecule has 1 heterocycles. The number of aromatic nitrogens is 1. The fraction of sp³-hybridized carbons (Fsp3) is 0.400. The molecule has 0 saturated carbocycles. The summed E-state index contributed by atoms with van der Waals surface area (Å²) < 4.78 is 5.39. The Morgan fingerprint density at radius 1 is 1.28 bits per heavy atom. The molecule has 0 fully saturated rings. The summed E-state index contributed by atoms with van der Waals surface area (Å²) in [5.74, 6) is 0.799. The summed E-state index contributed by atoms with van der Waals surface area (Å²) >= 11 is 0. The quantitative estimate of drug-likeness (QED) is 0.883. The van der Waals surface area contributed by atoms with Crippen LogP contribution in [0.15, 0.2) is 24.3 Å². The third-order valence-corrected chi connectivity index (χ3v) is 3.10. The maximum absolute atomic E-state index is 5.85. The van der Waals surface area contributed by atoms with Crippen LogP contribution in [0.25, 0.3) is 10.9 Å². The molecule has 0 atom stereocenters. The van der Waals surface area contributed by atoms with Gasteiger partial charge in [0.05, 0.1) is 7.11 Å². The molecular formula is C15H20N2O. The smallest absolute Gasteiger partial charge is 0.145 e. The van der Waals surface area contributed by atoms with Crippen molar-refractivity contribution in [2.24, 2.45) is 5.73 Å². The van der Waals surface area contributed by atoms with Gasteiger partial charge in [0.2, 0.25) is 0 Å². The first-order valence-corrected chi connectivity index (χ1v) is 6.14. The van der Waals surface area contributed by atoms with Gasteiger partial charge in [-0.15, -0.1) is 0 Å². The fourth-order valence-electron chi connectivity index (χ4n) is 2.01. The molecule has 0 radical (unpaired) electrons. The van der Waals surface area contributed by atoms with Gasteiger partial charge in [-0.2, -0.15) is 0 Å². The van der Waals surface area contributed by atoms with Crippen LogP contribution < -0.4 is 10.5 Å². The van der Waals surface area contributed by atoms with Crippen LogP contribution in [-0.2, 0) is 12.0 Å². The Morgan fingerprint density at radius 2 is 2.00 bits per heavy atom. The Bertz CT molecular complexity index is 570. The van der Waals surface area contributed by atoms with Crippen LogP contribution in [0.4, 0.5) is 0 Å². The molecule has 1 aromatic carbocycles. The molecule has 18 heavy (non-hydrogen) atoms. The van der Waals surface area contributed by atoms with Crippen molar-refractivity contribution in [3.8, 4) is 5.75 Å². The molecule has 0 aliphatic carbocycles. The van der Waals surface area contributed by atoms with Crippen LogP contribution >= 0.6 is 0 Å². The van der Waals surface area contributed by atoms with Gasteiger partial charge in [-0.1, -0.05) is 32.9 Å². The van der Waals surface area contributed by atoms with Crippen molar-refractivity contribution in [1.82, 2.24) is 4.98 Å². The molecule has 2 aromatic rings. The number of pyridine rings is 1. The summed E-state index contributed by atoms with van der Waals surface area (Å²) in [5.41, 5.74) is 8.90. The molecule has 2 N–H and O–H groups in total. The zero-order valence-electron chi connectivity index (χ0n) is 11.4. The van der Waals surface area contributed by atoms with Crippen molar-refractivity contribution in [3.05, 3.63) is 35.5 Å². The van der Waals surface area contributed by atoms with Crippen molar-refractivity contribution in [2.75, 3.05) is 7.11 Å². The van der Waals surface area contributed by atoms with Gasteiger partial charge in [-0.05, 0) is 17.7 Å². The Morgan fingerprint density at radius 3 is 2.56 bits per heavy atom. The summed E-state index contributed by atoms with van der Waals surface area (Å²) in [5, 5.41) is 1.07. The van der Waals surface area contributed by atoms with Crippen molar-refractivity contribution in [2.45, 2.75) is 32.7 Å². The largest absolute Gasteiger partial charge is 0.494 e. The van der Waals surface area contributed by atoms with Crippen molar-refractivity contribution < 1.29 is 4.74 Å². The van der Waals surface area contributed by atoms with Crippen LogP contribution in [0.2, 0.25) is 0 Å². The molecule has 0 amide bonds. The Balaban J connectivity index is 2.80. The second-order valence-electron chi connectivity index (χ2n) is 5.48. The summed E-state index contributed by atoms with van der Waals surface area (Å²) in [6, 6.07) is 8.04. The van der Waals surface area contributed by atoms with Crippen molar-refractivity contribution >= 4 is 10.9 Å². The number of hydrogen-bond acceptors (Lipinski definition) is 3. The van der Waals surface area contributed by atoms with E-state index in [1.54, 1.807) is 7.11 Å². The third-order valence-electron chi connectivity index (χ3n) is 3.10. The van der Waals surface area contributed by atoms with Gasteiger partial charge < -0.3 is 10.5 Å². The van der Waals surface area contributed by atoms with Crippen LogP contribution in [0.5, 0.6) is 5.75 Å². The lowest BCUT2D eigenvalue weighted by Crippen LogP contribution is -2.15. The molecule has 3 nitrogen and oxygen atoms in total. The van der Waals surface area contributed by atoms with E-state index >= 15 is 0 Å². The van der Waals surface area contributed by atoms with E-state index in [0.29, 0.717) is 6.54 Å². The SMILES string of the molecule is COc1cccc2c(CN)cc(C(C)(C)C)nc12. The maximum atomic E-state index is 5.85. The molecule has 0 unspecified atom stereocenters. The molecule has 0 aliphatic heterocycles. The highest BCUT2D eigenvalue weighted by Crippen LogP contribution is 2.30. The number of hydrogen-bond donors (Lipinski definition) is 1. The van der Waals surface area contributed by atoms with Crippen LogP contribution in [0.1, 0.15) is 32.0 Å². The van der Waals surface area contributed by atoms with E-state index < -0.39 is 0 Å². The van der Waals surface area contributed by atoms with Crippen LogP contribution in [-0.4, -0.2) is 12.1 Å².